The van der Waals surface area contributed by atoms with E-state index in [1.54, 1.807) is 18.5 Å². The summed E-state index contributed by atoms with van der Waals surface area (Å²) in [5.74, 6) is -0.143. The summed E-state index contributed by atoms with van der Waals surface area (Å²) in [7, 11) is -1.08. The van der Waals surface area contributed by atoms with E-state index in [1.165, 1.54) is 18.3 Å². The Labute approximate surface area is 117 Å². The van der Waals surface area contributed by atoms with Gasteiger partial charge in [0.05, 0.1) is 21.4 Å². The minimum absolute atomic E-state index is 0.143. The summed E-state index contributed by atoms with van der Waals surface area (Å²) < 4.78 is 11.3. The van der Waals surface area contributed by atoms with Crippen molar-refractivity contribution in [1.29, 1.82) is 0 Å². The van der Waals surface area contributed by atoms with Gasteiger partial charge >= 0.3 is 0 Å². The molecule has 0 aliphatic rings. The maximum Gasteiger partial charge on any atom is 0.223 e. The van der Waals surface area contributed by atoms with Gasteiger partial charge in [-0.25, -0.2) is 9.97 Å². The topological polar surface area (TPSA) is 72.0 Å². The predicted octanol–water partition coefficient (Wildman–Crippen LogP) is 2.21. The minimum Gasteiger partial charge on any atom is -0.302 e. The molecule has 0 bridgehead atoms. The van der Waals surface area contributed by atoms with Crippen molar-refractivity contribution in [2.75, 3.05) is 11.6 Å². The van der Waals surface area contributed by atoms with Crippen molar-refractivity contribution in [3.05, 3.63) is 24.0 Å². The molecule has 1 unspecified atom stereocenters. The molecule has 2 heterocycles. The standard InChI is InChI=1S/C12H13N3O2S2/c1-7-11(18-12(14-7)15-8(2)16)9-4-5-10(13-6-9)19(3)17/h4-6H,1-3H3,(H,14,15,16). The zero-order valence-corrected chi connectivity index (χ0v) is 12.4. The first-order valence-electron chi connectivity index (χ1n) is 5.52. The Morgan fingerprint density at radius 2 is 2.16 bits per heavy atom. The lowest BCUT2D eigenvalue weighted by Gasteiger charge is -1.99. The van der Waals surface area contributed by atoms with Crippen molar-refractivity contribution >= 4 is 33.2 Å². The van der Waals surface area contributed by atoms with Gasteiger partial charge in [0.1, 0.15) is 5.03 Å². The van der Waals surface area contributed by atoms with Crippen molar-refractivity contribution in [3.63, 3.8) is 0 Å². The molecule has 0 fully saturated rings. The van der Waals surface area contributed by atoms with E-state index in [0.717, 1.165) is 16.1 Å². The van der Waals surface area contributed by atoms with E-state index in [-0.39, 0.29) is 5.91 Å². The molecule has 0 spiro atoms. The number of amides is 1. The van der Waals surface area contributed by atoms with E-state index in [0.29, 0.717) is 10.2 Å². The van der Waals surface area contributed by atoms with E-state index in [2.05, 4.69) is 15.3 Å². The van der Waals surface area contributed by atoms with Gasteiger partial charge in [-0.3, -0.25) is 9.00 Å². The summed E-state index contributed by atoms with van der Waals surface area (Å²) in [4.78, 5) is 20.4. The van der Waals surface area contributed by atoms with E-state index < -0.39 is 10.8 Å². The fraction of sp³-hybridized carbons (Fsp3) is 0.250. The van der Waals surface area contributed by atoms with Crippen LogP contribution in [0.3, 0.4) is 0 Å². The highest BCUT2D eigenvalue weighted by Gasteiger charge is 2.11. The molecule has 1 atom stereocenters. The smallest absolute Gasteiger partial charge is 0.223 e. The monoisotopic (exact) mass is 295 g/mol. The zero-order valence-electron chi connectivity index (χ0n) is 10.8. The quantitative estimate of drug-likeness (QED) is 0.942. The van der Waals surface area contributed by atoms with Crippen LogP contribution in [-0.4, -0.2) is 26.3 Å². The van der Waals surface area contributed by atoms with Gasteiger partial charge in [-0.15, -0.1) is 0 Å². The first-order chi connectivity index (χ1) is 8.97. The average Bonchev–Trinajstić information content (AvgIpc) is 2.69. The molecule has 2 aromatic rings. The normalized spacial score (nSPS) is 12.2. The van der Waals surface area contributed by atoms with E-state index in [4.69, 9.17) is 0 Å². The number of hydrogen-bond acceptors (Lipinski definition) is 5. The van der Waals surface area contributed by atoms with E-state index in [1.807, 2.05) is 13.0 Å². The van der Waals surface area contributed by atoms with Crippen molar-refractivity contribution < 1.29 is 9.00 Å². The molecule has 19 heavy (non-hydrogen) atoms. The number of aryl methyl sites for hydroxylation is 1. The van der Waals surface area contributed by atoms with Crippen LogP contribution in [0.2, 0.25) is 0 Å². The first-order valence-corrected chi connectivity index (χ1v) is 7.89. The number of carbonyl (C=O) groups is 1. The molecule has 0 aromatic carbocycles. The fourth-order valence-corrected chi connectivity index (χ4v) is 3.02. The highest BCUT2D eigenvalue weighted by Crippen LogP contribution is 2.32. The average molecular weight is 295 g/mol. The number of nitrogens with zero attached hydrogens (tertiary/aromatic N) is 2. The maximum absolute atomic E-state index is 11.3. The van der Waals surface area contributed by atoms with Crippen LogP contribution in [0.25, 0.3) is 10.4 Å². The Balaban J connectivity index is 2.33. The lowest BCUT2D eigenvalue weighted by atomic mass is 10.2. The molecule has 0 aliphatic heterocycles. The highest BCUT2D eigenvalue weighted by atomic mass is 32.2. The summed E-state index contributed by atoms with van der Waals surface area (Å²) in [6.07, 6.45) is 3.27. The molecule has 0 saturated carbocycles. The van der Waals surface area contributed by atoms with E-state index in [9.17, 15) is 9.00 Å². The molecule has 0 aliphatic carbocycles. The number of thiazole rings is 1. The molecule has 1 N–H and O–H groups in total. The first kappa shape index (κ1) is 13.8. The molecule has 5 nitrogen and oxygen atoms in total. The van der Waals surface area contributed by atoms with Gasteiger partial charge in [-0.05, 0) is 19.1 Å². The maximum atomic E-state index is 11.3. The number of nitrogens with one attached hydrogen (secondary N) is 1. The van der Waals surface area contributed by atoms with Crippen LogP contribution in [-0.2, 0) is 15.6 Å². The number of aromatic nitrogens is 2. The summed E-state index contributed by atoms with van der Waals surface area (Å²) in [5, 5.41) is 3.79. The highest BCUT2D eigenvalue weighted by molar-refractivity contribution is 7.84. The minimum atomic E-state index is -1.08. The third kappa shape index (κ3) is 3.24. The van der Waals surface area contributed by atoms with Gasteiger partial charge in [0, 0.05) is 24.9 Å². The molecule has 0 saturated heterocycles. The third-order valence-corrected chi connectivity index (χ3v) is 4.33. The lowest BCUT2D eigenvalue weighted by molar-refractivity contribution is -0.114. The predicted molar refractivity (Wildman–Crippen MR) is 76.7 cm³/mol. The van der Waals surface area contributed by atoms with Gasteiger partial charge in [0.25, 0.3) is 0 Å². The van der Waals surface area contributed by atoms with Crippen LogP contribution in [0.5, 0.6) is 0 Å². The number of anilines is 1. The summed E-state index contributed by atoms with van der Waals surface area (Å²) >= 11 is 1.40. The molecule has 7 heteroatoms. The van der Waals surface area contributed by atoms with Crippen LogP contribution < -0.4 is 5.32 Å². The van der Waals surface area contributed by atoms with Gasteiger partial charge < -0.3 is 5.32 Å². The molecule has 100 valence electrons. The molecular weight excluding hydrogens is 282 g/mol. The largest absolute Gasteiger partial charge is 0.302 e. The van der Waals surface area contributed by atoms with Crippen molar-refractivity contribution in [2.45, 2.75) is 18.9 Å². The van der Waals surface area contributed by atoms with Gasteiger partial charge in [0.15, 0.2) is 5.13 Å². The Bertz CT molecular complexity index is 635. The fourth-order valence-electron chi connectivity index (χ4n) is 1.55. The Hall–Kier alpha value is -1.60. The molecule has 0 radical (unpaired) electrons. The second kappa shape index (κ2) is 5.58. The molecule has 2 aromatic heterocycles. The van der Waals surface area contributed by atoms with Gasteiger partial charge in [0.2, 0.25) is 5.91 Å². The molecule has 1 amide bonds. The number of carbonyl (C=O) groups excluding carboxylic acids is 1. The number of pyridine rings is 1. The van der Waals surface area contributed by atoms with Crippen LogP contribution in [0.15, 0.2) is 23.4 Å². The van der Waals surface area contributed by atoms with Crippen molar-refractivity contribution in [3.8, 4) is 10.4 Å². The third-order valence-electron chi connectivity index (χ3n) is 2.37. The van der Waals surface area contributed by atoms with Crippen LogP contribution in [0.1, 0.15) is 12.6 Å². The van der Waals surface area contributed by atoms with Gasteiger partial charge in [-0.1, -0.05) is 11.3 Å². The summed E-state index contributed by atoms with van der Waals surface area (Å²) in [5.41, 5.74) is 1.74. The second-order valence-corrected chi connectivity index (χ2v) is 6.28. The number of rotatable bonds is 3. The van der Waals surface area contributed by atoms with E-state index >= 15 is 0 Å². The second-order valence-electron chi connectivity index (χ2n) is 3.95. The van der Waals surface area contributed by atoms with Gasteiger partial charge in [-0.2, -0.15) is 0 Å². The SMILES string of the molecule is CC(=O)Nc1nc(C)c(-c2ccc(S(C)=O)nc2)s1. The molecular formula is C12H13N3O2S2. The Morgan fingerprint density at radius 1 is 1.42 bits per heavy atom. The number of hydrogen-bond donors (Lipinski definition) is 1. The summed E-state index contributed by atoms with van der Waals surface area (Å²) in [6.45, 7) is 3.33. The van der Waals surface area contributed by atoms with Crippen molar-refractivity contribution in [1.82, 2.24) is 9.97 Å². The lowest BCUT2D eigenvalue weighted by Crippen LogP contribution is -2.04. The summed E-state index contributed by atoms with van der Waals surface area (Å²) in [6, 6.07) is 3.60. The zero-order chi connectivity index (χ0) is 14.0. The van der Waals surface area contributed by atoms with Crippen LogP contribution in [0, 0.1) is 6.92 Å². The van der Waals surface area contributed by atoms with Crippen LogP contribution in [0.4, 0.5) is 5.13 Å². The molecule has 2 rings (SSSR count). The van der Waals surface area contributed by atoms with Crippen LogP contribution >= 0.6 is 11.3 Å². The Morgan fingerprint density at radius 3 is 2.68 bits per heavy atom. The Kier molecular flexibility index (Phi) is 4.06. The van der Waals surface area contributed by atoms with Crippen molar-refractivity contribution in [2.24, 2.45) is 0 Å².